The van der Waals surface area contributed by atoms with Crippen LogP contribution in [0.4, 0.5) is 17.3 Å². The number of hydrogen-bond acceptors (Lipinski definition) is 6. The Morgan fingerprint density at radius 3 is 2.45 bits per heavy atom. The molecule has 0 aliphatic carbocycles. The van der Waals surface area contributed by atoms with Gasteiger partial charge in [-0.1, -0.05) is 6.07 Å². The third-order valence-corrected chi connectivity index (χ3v) is 2.88. The van der Waals surface area contributed by atoms with Crippen molar-refractivity contribution in [2.24, 2.45) is 0 Å². The van der Waals surface area contributed by atoms with Crippen LogP contribution in [0.1, 0.15) is 5.56 Å². The van der Waals surface area contributed by atoms with Gasteiger partial charge in [0, 0.05) is 6.54 Å². The molecule has 0 bridgehead atoms. The minimum Gasteiger partial charge on any atom is -0.493 e. The van der Waals surface area contributed by atoms with E-state index in [2.05, 4.69) is 10.3 Å². The number of methoxy groups -OCH3 is 2. The number of nitrogen functional groups attached to an aromatic ring is 2. The lowest BCUT2D eigenvalue weighted by atomic mass is 10.2. The van der Waals surface area contributed by atoms with Gasteiger partial charge in [0.2, 0.25) is 0 Å². The smallest absolute Gasteiger partial charge is 0.161 e. The van der Waals surface area contributed by atoms with E-state index in [1.165, 1.54) is 0 Å². The molecule has 0 radical (unpaired) electrons. The largest absolute Gasteiger partial charge is 0.493 e. The summed E-state index contributed by atoms with van der Waals surface area (Å²) in [4.78, 5) is 4.15. The summed E-state index contributed by atoms with van der Waals surface area (Å²) in [7, 11) is 3.22. The Morgan fingerprint density at radius 2 is 1.80 bits per heavy atom. The molecule has 0 amide bonds. The fourth-order valence-corrected chi connectivity index (χ4v) is 1.77. The highest BCUT2D eigenvalue weighted by Crippen LogP contribution is 2.27. The minimum atomic E-state index is 0.322. The van der Waals surface area contributed by atoms with Gasteiger partial charge >= 0.3 is 0 Å². The number of rotatable bonds is 5. The molecular formula is C14H18N4O2. The highest BCUT2D eigenvalue weighted by Gasteiger charge is 2.05. The standard InChI is InChI=1S/C14H18N4O2/c1-19-11-5-3-9(7-12(11)20-2)8-17-13-6-4-10(15)14(16)18-13/h3-7H,8,15H2,1-2H3,(H3,16,17,18). The summed E-state index contributed by atoms with van der Waals surface area (Å²) in [5, 5.41) is 3.17. The SMILES string of the molecule is COc1ccc(CNc2ccc(N)c(N)n2)cc1OC. The average Bonchev–Trinajstić information content (AvgIpc) is 2.48. The van der Waals surface area contributed by atoms with Crippen molar-refractivity contribution in [3.63, 3.8) is 0 Å². The zero-order valence-corrected chi connectivity index (χ0v) is 11.5. The van der Waals surface area contributed by atoms with Crippen molar-refractivity contribution in [1.82, 2.24) is 4.98 Å². The van der Waals surface area contributed by atoms with E-state index >= 15 is 0 Å². The van der Waals surface area contributed by atoms with Crippen LogP contribution in [-0.4, -0.2) is 19.2 Å². The molecule has 5 N–H and O–H groups in total. The van der Waals surface area contributed by atoms with Crippen LogP contribution in [0.5, 0.6) is 11.5 Å². The molecule has 2 rings (SSSR count). The fourth-order valence-electron chi connectivity index (χ4n) is 1.77. The van der Waals surface area contributed by atoms with E-state index in [1.54, 1.807) is 26.4 Å². The van der Waals surface area contributed by atoms with Gasteiger partial charge in [0.1, 0.15) is 11.6 Å². The number of anilines is 3. The Labute approximate surface area is 117 Å². The Kier molecular flexibility index (Phi) is 4.14. The molecule has 0 saturated carbocycles. The second-order valence-electron chi connectivity index (χ2n) is 4.21. The van der Waals surface area contributed by atoms with Crippen molar-refractivity contribution >= 4 is 17.3 Å². The first-order valence-corrected chi connectivity index (χ1v) is 6.11. The van der Waals surface area contributed by atoms with Gasteiger partial charge in [-0.3, -0.25) is 0 Å². The van der Waals surface area contributed by atoms with E-state index in [0.717, 1.165) is 5.56 Å². The van der Waals surface area contributed by atoms with Gasteiger partial charge in [-0.2, -0.15) is 0 Å². The highest BCUT2D eigenvalue weighted by atomic mass is 16.5. The number of nitrogens with two attached hydrogens (primary N) is 2. The van der Waals surface area contributed by atoms with Crippen LogP contribution < -0.4 is 26.3 Å². The van der Waals surface area contributed by atoms with E-state index in [4.69, 9.17) is 20.9 Å². The lowest BCUT2D eigenvalue weighted by Crippen LogP contribution is -2.05. The zero-order valence-electron chi connectivity index (χ0n) is 11.5. The molecule has 0 saturated heterocycles. The lowest BCUT2D eigenvalue weighted by molar-refractivity contribution is 0.354. The number of aromatic nitrogens is 1. The Bertz CT molecular complexity index is 602. The van der Waals surface area contributed by atoms with Gasteiger partial charge in [-0.05, 0) is 29.8 Å². The molecule has 0 fully saturated rings. The van der Waals surface area contributed by atoms with Gasteiger partial charge in [0.25, 0.3) is 0 Å². The van der Waals surface area contributed by atoms with E-state index in [0.29, 0.717) is 35.4 Å². The van der Waals surface area contributed by atoms with Gasteiger partial charge in [0.05, 0.1) is 19.9 Å². The molecule has 0 unspecified atom stereocenters. The zero-order chi connectivity index (χ0) is 14.5. The third-order valence-electron chi connectivity index (χ3n) is 2.88. The van der Waals surface area contributed by atoms with Crippen molar-refractivity contribution in [1.29, 1.82) is 0 Å². The molecule has 1 aromatic heterocycles. The lowest BCUT2D eigenvalue weighted by Gasteiger charge is -2.11. The molecule has 0 spiro atoms. The van der Waals surface area contributed by atoms with Crippen LogP contribution in [-0.2, 0) is 6.54 Å². The summed E-state index contributed by atoms with van der Waals surface area (Å²) in [6, 6.07) is 9.23. The topological polar surface area (TPSA) is 95.4 Å². The molecular weight excluding hydrogens is 256 g/mol. The summed E-state index contributed by atoms with van der Waals surface area (Å²) in [6.07, 6.45) is 0. The van der Waals surface area contributed by atoms with Crippen LogP contribution in [0.25, 0.3) is 0 Å². The molecule has 2 aromatic rings. The number of hydrogen-bond donors (Lipinski definition) is 3. The predicted molar refractivity (Wildman–Crippen MR) is 79.9 cm³/mol. The van der Waals surface area contributed by atoms with E-state index < -0.39 is 0 Å². The second-order valence-corrected chi connectivity index (χ2v) is 4.21. The molecule has 6 nitrogen and oxygen atoms in total. The van der Waals surface area contributed by atoms with Gasteiger partial charge in [0.15, 0.2) is 11.5 Å². The first-order chi connectivity index (χ1) is 9.63. The quantitative estimate of drug-likeness (QED) is 0.770. The van der Waals surface area contributed by atoms with E-state index in [-0.39, 0.29) is 0 Å². The monoisotopic (exact) mass is 274 g/mol. The number of ether oxygens (including phenoxy) is 2. The molecule has 20 heavy (non-hydrogen) atoms. The van der Waals surface area contributed by atoms with Crippen LogP contribution in [0.3, 0.4) is 0 Å². The van der Waals surface area contributed by atoms with Crippen molar-refractivity contribution in [3.8, 4) is 11.5 Å². The van der Waals surface area contributed by atoms with Gasteiger partial charge in [-0.15, -0.1) is 0 Å². The Balaban J connectivity index is 2.08. The second kappa shape index (κ2) is 6.01. The third kappa shape index (κ3) is 3.03. The van der Waals surface area contributed by atoms with Crippen molar-refractivity contribution in [3.05, 3.63) is 35.9 Å². The van der Waals surface area contributed by atoms with E-state index in [1.807, 2.05) is 18.2 Å². The molecule has 106 valence electrons. The van der Waals surface area contributed by atoms with Crippen LogP contribution in [0.2, 0.25) is 0 Å². The van der Waals surface area contributed by atoms with Crippen molar-refractivity contribution in [2.75, 3.05) is 31.0 Å². The summed E-state index contributed by atoms with van der Waals surface area (Å²) in [5.41, 5.74) is 12.8. The Morgan fingerprint density at radius 1 is 1.05 bits per heavy atom. The van der Waals surface area contributed by atoms with Gasteiger partial charge in [-0.25, -0.2) is 4.98 Å². The van der Waals surface area contributed by atoms with Gasteiger partial charge < -0.3 is 26.3 Å². The summed E-state index contributed by atoms with van der Waals surface area (Å²) >= 11 is 0. The number of nitrogens with one attached hydrogen (secondary N) is 1. The van der Waals surface area contributed by atoms with Crippen LogP contribution >= 0.6 is 0 Å². The predicted octanol–water partition coefficient (Wildman–Crippen LogP) is 1.88. The average molecular weight is 274 g/mol. The normalized spacial score (nSPS) is 10.1. The summed E-state index contributed by atoms with van der Waals surface area (Å²) in [6.45, 7) is 0.594. The molecule has 1 heterocycles. The van der Waals surface area contributed by atoms with Crippen molar-refractivity contribution in [2.45, 2.75) is 6.54 Å². The Hall–Kier alpha value is -2.63. The first-order valence-electron chi connectivity index (χ1n) is 6.11. The number of benzene rings is 1. The molecule has 0 aliphatic rings. The number of pyridine rings is 1. The van der Waals surface area contributed by atoms with Crippen LogP contribution in [0.15, 0.2) is 30.3 Å². The van der Waals surface area contributed by atoms with Crippen molar-refractivity contribution < 1.29 is 9.47 Å². The maximum absolute atomic E-state index is 5.66. The molecule has 0 aliphatic heterocycles. The summed E-state index contributed by atoms with van der Waals surface area (Å²) < 4.78 is 10.5. The highest BCUT2D eigenvalue weighted by molar-refractivity contribution is 5.61. The maximum atomic E-state index is 5.66. The number of nitrogens with zero attached hydrogens (tertiary/aromatic N) is 1. The summed E-state index contributed by atoms with van der Waals surface area (Å²) in [5.74, 6) is 2.39. The van der Waals surface area contributed by atoms with E-state index in [9.17, 15) is 0 Å². The molecule has 0 atom stereocenters. The first kappa shape index (κ1) is 13.8. The fraction of sp³-hybridized carbons (Fsp3) is 0.214. The maximum Gasteiger partial charge on any atom is 0.161 e. The molecule has 1 aromatic carbocycles. The molecule has 6 heteroatoms. The minimum absolute atomic E-state index is 0.322. The van der Waals surface area contributed by atoms with Crippen LogP contribution in [0, 0.1) is 0 Å².